The average Bonchev–Trinajstić information content (AvgIpc) is 3.44. The zero-order valence-corrected chi connectivity index (χ0v) is 21.6. The van der Waals surface area contributed by atoms with Crippen LogP contribution in [0, 0.1) is 0 Å². The molecule has 1 N–H and O–H groups in total. The zero-order chi connectivity index (χ0) is 25.3. The SMILES string of the molecule is CCCCc1cccc(-c2ccc(Cc3cnc(CCCC)n(CCC)c3=O)cc2-c2nn[nH]n2)c1. The minimum Gasteiger partial charge on any atom is -0.296 e. The van der Waals surface area contributed by atoms with E-state index in [1.807, 2.05) is 4.57 Å². The van der Waals surface area contributed by atoms with Crippen LogP contribution in [0.5, 0.6) is 0 Å². The summed E-state index contributed by atoms with van der Waals surface area (Å²) in [6.07, 6.45) is 9.51. The summed E-state index contributed by atoms with van der Waals surface area (Å²) in [5.74, 6) is 1.43. The number of tetrazole rings is 1. The first-order valence-corrected chi connectivity index (χ1v) is 13.2. The largest absolute Gasteiger partial charge is 0.296 e. The van der Waals surface area contributed by atoms with Gasteiger partial charge in [-0.2, -0.15) is 5.21 Å². The fourth-order valence-corrected chi connectivity index (χ4v) is 4.59. The number of aromatic nitrogens is 6. The number of nitrogens with one attached hydrogen (secondary N) is 1. The van der Waals surface area contributed by atoms with E-state index in [1.165, 1.54) is 18.4 Å². The van der Waals surface area contributed by atoms with E-state index in [9.17, 15) is 4.79 Å². The lowest BCUT2D eigenvalue weighted by Crippen LogP contribution is -2.28. The minimum atomic E-state index is 0.0618. The van der Waals surface area contributed by atoms with Crippen LogP contribution in [-0.4, -0.2) is 30.2 Å². The van der Waals surface area contributed by atoms with Gasteiger partial charge in [-0.25, -0.2) is 4.98 Å². The molecular formula is C29H36N6O. The number of nitrogens with zero attached hydrogens (tertiary/aromatic N) is 5. The van der Waals surface area contributed by atoms with Crippen molar-refractivity contribution < 1.29 is 0 Å². The zero-order valence-electron chi connectivity index (χ0n) is 21.6. The smallest absolute Gasteiger partial charge is 0.256 e. The third-order valence-electron chi connectivity index (χ3n) is 6.52. The van der Waals surface area contributed by atoms with Crippen LogP contribution in [0.25, 0.3) is 22.5 Å². The Kier molecular flexibility index (Phi) is 8.76. The molecule has 36 heavy (non-hydrogen) atoms. The Morgan fingerprint density at radius 2 is 1.72 bits per heavy atom. The molecule has 2 aromatic carbocycles. The number of hydrogen-bond acceptors (Lipinski definition) is 5. The summed E-state index contributed by atoms with van der Waals surface area (Å²) in [5, 5.41) is 14.9. The Labute approximate surface area is 213 Å². The van der Waals surface area contributed by atoms with E-state index in [2.05, 4.69) is 88.8 Å². The number of unbranched alkanes of at least 4 members (excludes halogenated alkanes) is 2. The third kappa shape index (κ3) is 5.96. The van der Waals surface area contributed by atoms with Crippen molar-refractivity contribution in [2.24, 2.45) is 0 Å². The lowest BCUT2D eigenvalue weighted by Gasteiger charge is -2.14. The number of rotatable bonds is 12. The van der Waals surface area contributed by atoms with E-state index >= 15 is 0 Å². The maximum atomic E-state index is 13.4. The maximum absolute atomic E-state index is 13.4. The molecule has 0 spiro atoms. The Balaban J connectivity index is 1.70. The molecule has 0 bridgehead atoms. The molecule has 0 aliphatic rings. The fraction of sp³-hybridized carbons (Fsp3) is 0.414. The van der Waals surface area contributed by atoms with Crippen LogP contribution < -0.4 is 5.56 Å². The molecule has 0 atom stereocenters. The van der Waals surface area contributed by atoms with Crippen LogP contribution in [0.15, 0.2) is 53.5 Å². The molecule has 0 radical (unpaired) electrons. The molecule has 0 fully saturated rings. The first-order chi connectivity index (χ1) is 17.6. The van der Waals surface area contributed by atoms with Crippen LogP contribution >= 0.6 is 0 Å². The van der Waals surface area contributed by atoms with Crippen LogP contribution in [0.4, 0.5) is 0 Å². The molecule has 0 aliphatic heterocycles. The second-order valence-electron chi connectivity index (χ2n) is 9.36. The van der Waals surface area contributed by atoms with Gasteiger partial charge in [0.2, 0.25) is 5.82 Å². The van der Waals surface area contributed by atoms with Crippen molar-refractivity contribution in [3.05, 3.63) is 81.5 Å². The first kappa shape index (κ1) is 25.5. The van der Waals surface area contributed by atoms with Gasteiger partial charge in [0.25, 0.3) is 5.56 Å². The molecule has 4 aromatic rings. The summed E-state index contributed by atoms with van der Waals surface area (Å²) in [6, 6.07) is 14.9. The Bertz CT molecular complexity index is 1330. The summed E-state index contributed by atoms with van der Waals surface area (Å²) in [7, 11) is 0. The molecule has 188 valence electrons. The van der Waals surface area contributed by atoms with E-state index in [-0.39, 0.29) is 5.56 Å². The number of H-pyrrole nitrogens is 1. The van der Waals surface area contributed by atoms with E-state index in [0.717, 1.165) is 60.2 Å². The van der Waals surface area contributed by atoms with Crippen LogP contribution in [-0.2, 0) is 25.8 Å². The van der Waals surface area contributed by atoms with Crippen molar-refractivity contribution in [1.29, 1.82) is 0 Å². The highest BCUT2D eigenvalue weighted by Gasteiger charge is 2.15. The van der Waals surface area contributed by atoms with Gasteiger partial charge in [0, 0.05) is 36.7 Å². The summed E-state index contributed by atoms with van der Waals surface area (Å²) >= 11 is 0. The Hall–Kier alpha value is -3.61. The van der Waals surface area contributed by atoms with Crippen molar-refractivity contribution >= 4 is 0 Å². The second-order valence-corrected chi connectivity index (χ2v) is 9.36. The van der Waals surface area contributed by atoms with Crippen molar-refractivity contribution in [3.8, 4) is 22.5 Å². The van der Waals surface area contributed by atoms with E-state index in [1.54, 1.807) is 6.20 Å². The summed E-state index contributed by atoms with van der Waals surface area (Å²) in [5.41, 5.74) is 6.18. The van der Waals surface area contributed by atoms with Gasteiger partial charge >= 0.3 is 0 Å². The van der Waals surface area contributed by atoms with Crippen molar-refractivity contribution in [2.75, 3.05) is 0 Å². The summed E-state index contributed by atoms with van der Waals surface area (Å²) in [6.45, 7) is 7.15. The van der Waals surface area contributed by atoms with Gasteiger partial charge in [-0.05, 0) is 59.2 Å². The predicted octanol–water partition coefficient (Wildman–Crippen LogP) is 5.78. The van der Waals surface area contributed by atoms with Gasteiger partial charge in [0.15, 0.2) is 0 Å². The van der Waals surface area contributed by atoms with Crippen molar-refractivity contribution in [1.82, 2.24) is 30.2 Å². The highest BCUT2D eigenvalue weighted by molar-refractivity contribution is 5.81. The molecule has 0 saturated heterocycles. The third-order valence-corrected chi connectivity index (χ3v) is 6.52. The lowest BCUT2D eigenvalue weighted by atomic mass is 9.93. The molecule has 7 nitrogen and oxygen atoms in total. The number of aromatic amines is 1. The Morgan fingerprint density at radius 1 is 0.889 bits per heavy atom. The number of hydrogen-bond donors (Lipinski definition) is 1. The molecule has 2 aromatic heterocycles. The molecule has 0 aliphatic carbocycles. The van der Waals surface area contributed by atoms with Gasteiger partial charge in [-0.15, -0.1) is 10.2 Å². The molecule has 0 unspecified atom stereocenters. The maximum Gasteiger partial charge on any atom is 0.256 e. The second kappa shape index (κ2) is 12.4. The monoisotopic (exact) mass is 484 g/mol. The summed E-state index contributed by atoms with van der Waals surface area (Å²) < 4.78 is 1.86. The van der Waals surface area contributed by atoms with E-state index in [4.69, 9.17) is 0 Å². The number of aryl methyl sites for hydroxylation is 2. The summed E-state index contributed by atoms with van der Waals surface area (Å²) in [4.78, 5) is 18.0. The van der Waals surface area contributed by atoms with Gasteiger partial charge in [0.05, 0.1) is 0 Å². The average molecular weight is 485 g/mol. The Morgan fingerprint density at radius 3 is 2.47 bits per heavy atom. The lowest BCUT2D eigenvalue weighted by molar-refractivity contribution is 0.578. The van der Waals surface area contributed by atoms with Gasteiger partial charge in [0.1, 0.15) is 5.82 Å². The molecule has 4 rings (SSSR count). The van der Waals surface area contributed by atoms with E-state index < -0.39 is 0 Å². The van der Waals surface area contributed by atoms with Crippen molar-refractivity contribution in [2.45, 2.75) is 78.7 Å². The molecular weight excluding hydrogens is 448 g/mol. The van der Waals surface area contributed by atoms with Crippen LogP contribution in [0.1, 0.15) is 75.4 Å². The normalized spacial score (nSPS) is 11.2. The molecule has 2 heterocycles. The first-order valence-electron chi connectivity index (χ1n) is 13.2. The van der Waals surface area contributed by atoms with E-state index in [0.29, 0.717) is 24.4 Å². The topological polar surface area (TPSA) is 89.4 Å². The van der Waals surface area contributed by atoms with Crippen molar-refractivity contribution in [3.63, 3.8) is 0 Å². The number of benzene rings is 2. The highest BCUT2D eigenvalue weighted by atomic mass is 16.1. The standard InChI is InChI=1S/C29H36N6O/c1-4-7-10-21-11-9-12-23(17-21)25-15-14-22(19-26(25)28-31-33-34-32-28)18-24-20-30-27(13-8-5-2)35(16-6-3)29(24)36/h9,11-12,14-15,17,19-20H,4-8,10,13,16,18H2,1-3H3,(H,31,32,33,34). The minimum absolute atomic E-state index is 0.0618. The molecule has 0 saturated carbocycles. The van der Waals surface area contributed by atoms with Crippen LogP contribution in [0.2, 0.25) is 0 Å². The molecule has 7 heteroatoms. The molecule has 0 amide bonds. The highest BCUT2D eigenvalue weighted by Crippen LogP contribution is 2.32. The fourth-order valence-electron chi connectivity index (χ4n) is 4.59. The van der Waals surface area contributed by atoms with Gasteiger partial charge in [-0.1, -0.05) is 70.0 Å². The van der Waals surface area contributed by atoms with Crippen LogP contribution in [0.3, 0.4) is 0 Å². The quantitative estimate of drug-likeness (QED) is 0.275. The van der Waals surface area contributed by atoms with Gasteiger partial charge in [-0.3, -0.25) is 9.36 Å². The van der Waals surface area contributed by atoms with Gasteiger partial charge < -0.3 is 0 Å². The predicted molar refractivity (Wildman–Crippen MR) is 144 cm³/mol.